The molecule has 0 atom stereocenters. The number of rotatable bonds is 8. The molecule has 0 radical (unpaired) electrons. The number of nitrogens with one attached hydrogen (secondary N) is 2. The first kappa shape index (κ1) is 23.1. The Hall–Kier alpha value is -4.04. The fourth-order valence-corrected chi connectivity index (χ4v) is 4.67. The monoisotopic (exact) mass is 476 g/mol. The second-order valence-electron chi connectivity index (χ2n) is 7.48. The molecule has 8 heteroatoms. The van der Waals surface area contributed by atoms with E-state index in [2.05, 4.69) is 10.0 Å². The van der Waals surface area contributed by atoms with Gasteiger partial charge in [-0.25, -0.2) is 13.2 Å². The number of amides is 1. The van der Waals surface area contributed by atoms with Crippen LogP contribution < -0.4 is 14.8 Å². The molecule has 0 saturated carbocycles. The molecule has 0 fully saturated rings. The first-order valence-electron chi connectivity index (χ1n) is 10.7. The van der Waals surface area contributed by atoms with Crippen molar-refractivity contribution in [1.82, 2.24) is 0 Å². The zero-order valence-electron chi connectivity index (χ0n) is 18.5. The molecular formula is C26H24N2O5S. The number of carbonyl (C=O) groups excluding carboxylic acids is 1. The molecule has 4 rings (SSSR count). The van der Waals surface area contributed by atoms with Gasteiger partial charge in [-0.05, 0) is 48.9 Å². The van der Waals surface area contributed by atoms with Crippen molar-refractivity contribution in [2.75, 3.05) is 16.6 Å². The maximum Gasteiger partial charge on any atom is 0.411 e. The lowest BCUT2D eigenvalue weighted by Gasteiger charge is -2.14. The van der Waals surface area contributed by atoms with Crippen molar-refractivity contribution in [3.63, 3.8) is 0 Å². The van der Waals surface area contributed by atoms with E-state index in [1.165, 1.54) is 0 Å². The van der Waals surface area contributed by atoms with Gasteiger partial charge in [-0.15, -0.1) is 0 Å². The van der Waals surface area contributed by atoms with Crippen LogP contribution in [0.25, 0.3) is 10.8 Å². The standard InChI is InChI=1S/C26H24N2O5S/c1-2-32-26(29)27-24-16-17-25(23-11-7-6-10-22(23)24)33-21-14-12-20(13-15-21)28-34(30,31)18-19-8-4-3-5-9-19/h3-17,28H,2,18H2,1H3,(H,27,29). The molecule has 2 N–H and O–H groups in total. The predicted octanol–water partition coefficient (Wildman–Crippen LogP) is 6.14. The van der Waals surface area contributed by atoms with Crippen LogP contribution in [-0.2, 0) is 20.5 Å². The molecule has 0 aromatic heterocycles. The molecule has 0 bridgehead atoms. The second-order valence-corrected chi connectivity index (χ2v) is 9.20. The maximum atomic E-state index is 12.5. The Kier molecular flexibility index (Phi) is 6.98. The topological polar surface area (TPSA) is 93.7 Å². The Morgan fingerprint density at radius 3 is 2.21 bits per heavy atom. The summed E-state index contributed by atoms with van der Waals surface area (Å²) in [6.45, 7) is 2.03. The average Bonchev–Trinajstić information content (AvgIpc) is 2.82. The molecule has 4 aromatic carbocycles. The smallest absolute Gasteiger partial charge is 0.411 e. The molecule has 0 saturated heterocycles. The summed E-state index contributed by atoms with van der Waals surface area (Å²) in [6.07, 6.45) is -0.522. The largest absolute Gasteiger partial charge is 0.457 e. The van der Waals surface area contributed by atoms with Gasteiger partial charge in [0.15, 0.2) is 0 Å². The minimum absolute atomic E-state index is 0.107. The molecule has 0 unspecified atom stereocenters. The molecule has 0 aliphatic carbocycles. The van der Waals surface area contributed by atoms with E-state index in [4.69, 9.17) is 9.47 Å². The number of benzene rings is 4. The van der Waals surface area contributed by atoms with Crippen LogP contribution in [0, 0.1) is 0 Å². The summed E-state index contributed by atoms with van der Waals surface area (Å²) in [7, 11) is -3.54. The summed E-state index contributed by atoms with van der Waals surface area (Å²) in [5.74, 6) is 1.04. The predicted molar refractivity (Wildman–Crippen MR) is 134 cm³/mol. The summed E-state index contributed by atoms with van der Waals surface area (Å²) in [4.78, 5) is 11.9. The molecule has 0 aliphatic heterocycles. The fraction of sp³-hybridized carbons (Fsp3) is 0.115. The number of hydrogen-bond acceptors (Lipinski definition) is 5. The molecule has 174 valence electrons. The molecule has 4 aromatic rings. The van der Waals surface area contributed by atoms with Crippen LogP contribution in [0.15, 0.2) is 91.0 Å². The van der Waals surface area contributed by atoms with Crippen LogP contribution in [0.3, 0.4) is 0 Å². The molecule has 1 amide bonds. The summed E-state index contributed by atoms with van der Waals surface area (Å²) < 4.78 is 38.5. The summed E-state index contributed by atoms with van der Waals surface area (Å²) >= 11 is 0. The lowest BCUT2D eigenvalue weighted by Crippen LogP contribution is -2.14. The third kappa shape index (κ3) is 5.85. The van der Waals surface area contributed by atoms with E-state index in [9.17, 15) is 13.2 Å². The maximum absolute atomic E-state index is 12.5. The van der Waals surface area contributed by atoms with Gasteiger partial charge in [0, 0.05) is 16.5 Å². The lowest BCUT2D eigenvalue weighted by molar-refractivity contribution is 0.168. The number of anilines is 2. The van der Waals surface area contributed by atoms with Crippen LogP contribution in [-0.4, -0.2) is 21.1 Å². The summed E-state index contributed by atoms with van der Waals surface area (Å²) in [6, 6.07) is 26.7. The van der Waals surface area contributed by atoms with Gasteiger partial charge in [0.25, 0.3) is 0 Å². The minimum atomic E-state index is -3.54. The molecule has 0 heterocycles. The lowest BCUT2D eigenvalue weighted by atomic mass is 10.1. The van der Waals surface area contributed by atoms with Gasteiger partial charge in [-0.1, -0.05) is 54.6 Å². The van der Waals surface area contributed by atoms with Crippen molar-refractivity contribution in [3.8, 4) is 11.5 Å². The third-order valence-corrected chi connectivity index (χ3v) is 6.21. The van der Waals surface area contributed by atoms with Gasteiger partial charge in [0.05, 0.1) is 18.0 Å². The molecule has 0 aliphatic rings. The zero-order valence-corrected chi connectivity index (χ0v) is 19.3. The van der Waals surface area contributed by atoms with Crippen LogP contribution in [0.4, 0.5) is 16.2 Å². The van der Waals surface area contributed by atoms with E-state index in [1.54, 1.807) is 67.6 Å². The molecule has 7 nitrogen and oxygen atoms in total. The number of sulfonamides is 1. The SMILES string of the molecule is CCOC(=O)Nc1ccc(Oc2ccc(NS(=O)(=O)Cc3ccccc3)cc2)c2ccccc12. The van der Waals surface area contributed by atoms with Crippen LogP contribution in [0.1, 0.15) is 12.5 Å². The van der Waals surface area contributed by atoms with Gasteiger partial charge in [0.2, 0.25) is 10.0 Å². The highest BCUT2D eigenvalue weighted by molar-refractivity contribution is 7.91. The van der Waals surface area contributed by atoms with Gasteiger partial charge in [-0.3, -0.25) is 10.0 Å². The number of ether oxygens (including phenoxy) is 2. The average molecular weight is 477 g/mol. The Morgan fingerprint density at radius 2 is 1.50 bits per heavy atom. The van der Waals surface area contributed by atoms with Crippen molar-refractivity contribution < 1.29 is 22.7 Å². The van der Waals surface area contributed by atoms with E-state index < -0.39 is 16.1 Å². The third-order valence-electron chi connectivity index (χ3n) is 4.95. The van der Waals surface area contributed by atoms with Gasteiger partial charge in [-0.2, -0.15) is 0 Å². The molecule has 0 spiro atoms. The number of fused-ring (bicyclic) bond motifs is 1. The normalized spacial score (nSPS) is 11.1. The van der Waals surface area contributed by atoms with Crippen LogP contribution in [0.5, 0.6) is 11.5 Å². The highest BCUT2D eigenvalue weighted by Crippen LogP contribution is 2.34. The summed E-state index contributed by atoms with van der Waals surface area (Å²) in [5.41, 5.74) is 1.77. The van der Waals surface area contributed by atoms with Crippen molar-refractivity contribution >= 4 is 38.3 Å². The second kappa shape index (κ2) is 10.3. The summed E-state index contributed by atoms with van der Waals surface area (Å²) in [5, 5.41) is 4.36. The highest BCUT2D eigenvalue weighted by Gasteiger charge is 2.13. The Morgan fingerprint density at radius 1 is 0.824 bits per heavy atom. The van der Waals surface area contributed by atoms with E-state index in [1.807, 2.05) is 30.3 Å². The zero-order chi connectivity index (χ0) is 24.0. The van der Waals surface area contributed by atoms with Crippen molar-refractivity contribution in [2.24, 2.45) is 0 Å². The van der Waals surface area contributed by atoms with Gasteiger partial charge < -0.3 is 9.47 Å². The first-order valence-corrected chi connectivity index (χ1v) is 12.4. The molecular weight excluding hydrogens is 452 g/mol. The molecule has 34 heavy (non-hydrogen) atoms. The van der Waals surface area contributed by atoms with Gasteiger partial charge >= 0.3 is 6.09 Å². The Labute approximate surface area is 198 Å². The Balaban J connectivity index is 1.49. The van der Waals surface area contributed by atoms with Crippen molar-refractivity contribution in [1.29, 1.82) is 0 Å². The Bertz CT molecular complexity index is 1390. The van der Waals surface area contributed by atoms with E-state index >= 15 is 0 Å². The van der Waals surface area contributed by atoms with E-state index in [-0.39, 0.29) is 12.4 Å². The minimum Gasteiger partial charge on any atom is -0.457 e. The quantitative estimate of drug-likeness (QED) is 0.318. The number of hydrogen-bond donors (Lipinski definition) is 2. The van der Waals surface area contributed by atoms with E-state index in [0.717, 1.165) is 10.8 Å². The van der Waals surface area contributed by atoms with Gasteiger partial charge in [0.1, 0.15) is 11.5 Å². The van der Waals surface area contributed by atoms with E-state index in [0.29, 0.717) is 28.4 Å². The van der Waals surface area contributed by atoms with Crippen molar-refractivity contribution in [2.45, 2.75) is 12.7 Å². The first-order chi connectivity index (χ1) is 16.4. The number of carbonyl (C=O) groups is 1. The van der Waals surface area contributed by atoms with Crippen LogP contribution >= 0.6 is 0 Å². The van der Waals surface area contributed by atoms with Crippen LogP contribution in [0.2, 0.25) is 0 Å². The van der Waals surface area contributed by atoms with Crippen molar-refractivity contribution in [3.05, 3.63) is 96.6 Å². The highest BCUT2D eigenvalue weighted by atomic mass is 32.2. The fourth-order valence-electron chi connectivity index (χ4n) is 3.47.